The highest BCUT2D eigenvalue weighted by atomic mass is 19.1. The maximum absolute atomic E-state index is 13.7. The molecule has 2 amide bonds. The number of nitrogens with one attached hydrogen (secondary N) is 1. The van der Waals surface area contributed by atoms with E-state index in [0.717, 1.165) is 39.0 Å². The van der Waals surface area contributed by atoms with Crippen molar-refractivity contribution >= 4 is 22.7 Å². The molecule has 0 unspecified atom stereocenters. The van der Waals surface area contributed by atoms with E-state index in [-0.39, 0.29) is 30.7 Å². The SMILES string of the molecule is COc1ccc([C@@H]2c3[nH]c4ccccc4c3C[C@H]3C(=O)N(Cc4ccc(F)cc4)CC(=O)N23)cc1. The molecular weight excluding hydrogens is 445 g/mol. The third-order valence-corrected chi connectivity index (χ3v) is 7.06. The molecule has 2 aliphatic rings. The van der Waals surface area contributed by atoms with Gasteiger partial charge in [-0.15, -0.1) is 0 Å². The van der Waals surface area contributed by atoms with Crippen LogP contribution in [0.5, 0.6) is 5.75 Å². The number of methoxy groups -OCH3 is 1. The predicted molar refractivity (Wildman–Crippen MR) is 129 cm³/mol. The predicted octanol–water partition coefficient (Wildman–Crippen LogP) is 4.20. The average molecular weight is 470 g/mol. The lowest BCUT2D eigenvalue weighted by Gasteiger charge is -2.47. The van der Waals surface area contributed by atoms with E-state index >= 15 is 0 Å². The van der Waals surface area contributed by atoms with Crippen LogP contribution in [0, 0.1) is 5.82 Å². The molecule has 1 N–H and O–H groups in total. The summed E-state index contributed by atoms with van der Waals surface area (Å²) in [5.41, 5.74) is 4.69. The van der Waals surface area contributed by atoms with Crippen LogP contribution in [0.25, 0.3) is 10.9 Å². The van der Waals surface area contributed by atoms with Crippen LogP contribution in [0.4, 0.5) is 4.39 Å². The van der Waals surface area contributed by atoms with Crippen molar-refractivity contribution in [1.29, 1.82) is 0 Å². The van der Waals surface area contributed by atoms with Gasteiger partial charge in [-0.3, -0.25) is 9.59 Å². The molecule has 4 aromatic rings. The number of H-pyrrole nitrogens is 1. The lowest BCUT2D eigenvalue weighted by molar-refractivity contribution is -0.159. The summed E-state index contributed by atoms with van der Waals surface area (Å²) in [6.45, 7) is 0.248. The van der Waals surface area contributed by atoms with Gasteiger partial charge in [0.2, 0.25) is 11.8 Å². The van der Waals surface area contributed by atoms with Crippen LogP contribution >= 0.6 is 0 Å². The van der Waals surface area contributed by atoms with Crippen LogP contribution in [0.1, 0.15) is 28.4 Å². The molecule has 35 heavy (non-hydrogen) atoms. The van der Waals surface area contributed by atoms with E-state index < -0.39 is 12.1 Å². The van der Waals surface area contributed by atoms with E-state index in [1.807, 2.05) is 42.5 Å². The van der Waals surface area contributed by atoms with Crippen LogP contribution in [0.15, 0.2) is 72.8 Å². The fourth-order valence-corrected chi connectivity index (χ4v) is 5.40. The smallest absolute Gasteiger partial charge is 0.246 e. The zero-order valence-corrected chi connectivity index (χ0v) is 19.2. The Labute approximate surface area is 201 Å². The van der Waals surface area contributed by atoms with E-state index in [0.29, 0.717) is 6.42 Å². The van der Waals surface area contributed by atoms with Crippen molar-refractivity contribution < 1.29 is 18.7 Å². The standard InChI is InChI=1S/C28H24FN3O3/c1-35-20-12-8-18(9-13-20)27-26-22(21-4-2-3-5-23(21)30-26)14-24-28(34)31(16-25(33)32(24)27)15-17-6-10-19(29)11-7-17/h2-13,24,27,30H,14-16H2,1H3/t24-,27+/m0/s1. The first kappa shape index (κ1) is 21.4. The number of nitrogens with zero attached hydrogens (tertiary/aromatic N) is 2. The molecule has 2 atom stereocenters. The van der Waals surface area contributed by atoms with Crippen molar-refractivity contribution in [2.45, 2.75) is 25.0 Å². The summed E-state index contributed by atoms with van der Waals surface area (Å²) in [5.74, 6) is 0.192. The van der Waals surface area contributed by atoms with Crippen LogP contribution in [-0.4, -0.2) is 46.3 Å². The molecule has 0 radical (unpaired) electrons. The summed E-state index contributed by atoms with van der Waals surface area (Å²) in [5, 5.41) is 1.07. The molecule has 6 nitrogen and oxygen atoms in total. The maximum atomic E-state index is 13.7. The van der Waals surface area contributed by atoms with Gasteiger partial charge in [0.25, 0.3) is 0 Å². The molecule has 6 rings (SSSR count). The number of fused-ring (bicyclic) bond motifs is 4. The van der Waals surface area contributed by atoms with Crippen LogP contribution in [0.3, 0.4) is 0 Å². The number of ether oxygens (including phenoxy) is 1. The Bertz CT molecular complexity index is 1430. The van der Waals surface area contributed by atoms with Gasteiger partial charge < -0.3 is 19.5 Å². The highest BCUT2D eigenvalue weighted by molar-refractivity contribution is 5.97. The topological polar surface area (TPSA) is 65.6 Å². The number of carbonyl (C=O) groups excluding carboxylic acids is 2. The molecule has 3 heterocycles. The summed E-state index contributed by atoms with van der Waals surface area (Å²) in [4.78, 5) is 34.2. The number of halogens is 1. The molecule has 7 heteroatoms. The van der Waals surface area contributed by atoms with Gasteiger partial charge in [0.15, 0.2) is 0 Å². The monoisotopic (exact) mass is 469 g/mol. The first-order valence-corrected chi connectivity index (χ1v) is 11.6. The minimum absolute atomic E-state index is 0.0189. The normalized spacial score (nSPS) is 19.6. The van der Waals surface area contributed by atoms with Crippen LogP contribution in [0.2, 0.25) is 0 Å². The van der Waals surface area contributed by atoms with E-state index in [4.69, 9.17) is 4.74 Å². The van der Waals surface area contributed by atoms with Gasteiger partial charge in [-0.25, -0.2) is 4.39 Å². The Kier molecular flexibility index (Phi) is 5.06. The molecule has 0 spiro atoms. The molecule has 0 bridgehead atoms. The summed E-state index contributed by atoms with van der Waals surface area (Å²) < 4.78 is 18.7. The first-order chi connectivity index (χ1) is 17.0. The van der Waals surface area contributed by atoms with Gasteiger partial charge in [-0.1, -0.05) is 42.5 Å². The van der Waals surface area contributed by atoms with Gasteiger partial charge in [0.05, 0.1) is 13.2 Å². The van der Waals surface area contributed by atoms with Crippen LogP contribution in [-0.2, 0) is 22.6 Å². The molecule has 0 saturated carbocycles. The Morgan fingerprint density at radius 1 is 1.00 bits per heavy atom. The second kappa shape index (κ2) is 8.27. The number of aromatic amines is 1. The number of hydrogen-bond acceptors (Lipinski definition) is 3. The van der Waals surface area contributed by atoms with E-state index in [1.54, 1.807) is 29.0 Å². The van der Waals surface area contributed by atoms with E-state index in [1.165, 1.54) is 12.1 Å². The Hall–Kier alpha value is -4.13. The molecular formula is C28H24FN3O3. The summed E-state index contributed by atoms with van der Waals surface area (Å²) in [7, 11) is 1.62. The molecule has 1 saturated heterocycles. The van der Waals surface area contributed by atoms with Gasteiger partial charge in [0, 0.05) is 29.6 Å². The highest BCUT2D eigenvalue weighted by Gasteiger charge is 2.48. The lowest BCUT2D eigenvalue weighted by atomic mass is 9.86. The van der Waals surface area contributed by atoms with Gasteiger partial charge in [-0.05, 0) is 47.0 Å². The van der Waals surface area contributed by atoms with Crippen molar-refractivity contribution in [3.63, 3.8) is 0 Å². The number of para-hydroxylation sites is 1. The highest BCUT2D eigenvalue weighted by Crippen LogP contribution is 2.42. The number of aromatic nitrogens is 1. The third-order valence-electron chi connectivity index (χ3n) is 7.06. The number of hydrogen-bond donors (Lipinski definition) is 1. The van der Waals surface area contributed by atoms with E-state index in [2.05, 4.69) is 11.1 Å². The second-order valence-corrected chi connectivity index (χ2v) is 9.08. The van der Waals surface area contributed by atoms with Gasteiger partial charge in [0.1, 0.15) is 24.2 Å². The van der Waals surface area contributed by atoms with Crippen molar-refractivity contribution in [3.05, 3.63) is 101 Å². The van der Waals surface area contributed by atoms with E-state index in [9.17, 15) is 14.0 Å². The fraction of sp³-hybridized carbons (Fsp3) is 0.214. The Morgan fingerprint density at radius 3 is 2.49 bits per heavy atom. The number of amides is 2. The summed E-state index contributed by atoms with van der Waals surface area (Å²) in [6.07, 6.45) is 0.441. The first-order valence-electron chi connectivity index (χ1n) is 11.6. The molecule has 1 fully saturated rings. The average Bonchev–Trinajstić information content (AvgIpc) is 3.26. The minimum Gasteiger partial charge on any atom is -0.497 e. The molecule has 3 aromatic carbocycles. The maximum Gasteiger partial charge on any atom is 0.246 e. The number of benzene rings is 3. The van der Waals surface area contributed by atoms with Crippen molar-refractivity contribution in [2.24, 2.45) is 0 Å². The molecule has 0 aliphatic carbocycles. The van der Waals surface area contributed by atoms with Crippen molar-refractivity contribution in [2.75, 3.05) is 13.7 Å². The largest absolute Gasteiger partial charge is 0.497 e. The lowest BCUT2D eigenvalue weighted by Crippen LogP contribution is -2.62. The zero-order chi connectivity index (χ0) is 24.1. The quantitative estimate of drug-likeness (QED) is 0.487. The number of carbonyl (C=O) groups is 2. The number of rotatable bonds is 4. The minimum atomic E-state index is -0.615. The van der Waals surface area contributed by atoms with Crippen molar-refractivity contribution in [1.82, 2.24) is 14.8 Å². The Morgan fingerprint density at radius 2 is 1.74 bits per heavy atom. The number of piperazine rings is 1. The molecule has 2 aliphatic heterocycles. The van der Waals surface area contributed by atoms with Gasteiger partial charge in [-0.2, -0.15) is 0 Å². The third kappa shape index (κ3) is 3.55. The second-order valence-electron chi connectivity index (χ2n) is 9.08. The summed E-state index contributed by atoms with van der Waals surface area (Å²) >= 11 is 0. The van der Waals surface area contributed by atoms with Crippen LogP contribution < -0.4 is 4.74 Å². The van der Waals surface area contributed by atoms with Crippen molar-refractivity contribution in [3.8, 4) is 5.75 Å². The Balaban J connectivity index is 1.43. The molecule has 176 valence electrons. The summed E-state index contributed by atoms with van der Waals surface area (Å²) in [6, 6.07) is 20.7. The molecule has 1 aromatic heterocycles. The fourth-order valence-electron chi connectivity index (χ4n) is 5.40. The van der Waals surface area contributed by atoms with Gasteiger partial charge >= 0.3 is 0 Å². The zero-order valence-electron chi connectivity index (χ0n) is 19.2.